The van der Waals surface area contributed by atoms with E-state index in [-0.39, 0.29) is 12.4 Å². The van der Waals surface area contributed by atoms with E-state index in [4.69, 9.17) is 14.6 Å². The van der Waals surface area contributed by atoms with Crippen molar-refractivity contribution in [2.75, 3.05) is 13.7 Å². The maximum atomic E-state index is 12.0. The highest BCUT2D eigenvalue weighted by Crippen LogP contribution is 2.16. The minimum absolute atomic E-state index is 0.0240. The number of Topliss-reactive ketones (excluding diaryl/α,β-unsaturated/α-hetero) is 1. The third-order valence-electron chi connectivity index (χ3n) is 3.45. The third-order valence-corrected chi connectivity index (χ3v) is 4.20. The van der Waals surface area contributed by atoms with Crippen LogP contribution in [-0.2, 0) is 4.79 Å². The number of imide groups is 1. The molecule has 1 heterocycles. The Hall–Kier alpha value is -2.84. The number of carbonyl (C=O) groups is 3. The molecule has 0 spiro atoms. The fourth-order valence-corrected chi connectivity index (χ4v) is 2.54. The maximum Gasteiger partial charge on any atom is 0.288 e. The predicted molar refractivity (Wildman–Crippen MR) is 101 cm³/mol. The van der Waals surface area contributed by atoms with Crippen molar-refractivity contribution in [2.24, 2.45) is 0 Å². The number of aryl methyl sites for hydroxylation is 1. The molecule has 1 aliphatic rings. The molecule has 1 unspecified atom stereocenters. The molecule has 2 aromatic carbocycles. The van der Waals surface area contributed by atoms with E-state index in [1.54, 1.807) is 31.4 Å². The summed E-state index contributed by atoms with van der Waals surface area (Å²) in [6.07, 6.45) is 0. The molecule has 3 rings (SSSR count). The number of ether oxygens (including phenoxy) is 2. The van der Waals surface area contributed by atoms with Gasteiger partial charge in [0.05, 0.1) is 7.11 Å². The van der Waals surface area contributed by atoms with Crippen LogP contribution in [0.3, 0.4) is 0 Å². The van der Waals surface area contributed by atoms with Crippen molar-refractivity contribution < 1.29 is 29.0 Å². The van der Waals surface area contributed by atoms with Crippen LogP contribution in [0, 0.1) is 6.92 Å². The second kappa shape index (κ2) is 9.75. The van der Waals surface area contributed by atoms with Crippen molar-refractivity contribution >= 4 is 28.7 Å². The molecule has 0 saturated carbocycles. The van der Waals surface area contributed by atoms with E-state index >= 15 is 0 Å². The molecular formula is C19H19NO6S. The van der Waals surface area contributed by atoms with E-state index in [1.165, 1.54) is 0 Å². The van der Waals surface area contributed by atoms with Gasteiger partial charge < -0.3 is 14.6 Å². The van der Waals surface area contributed by atoms with E-state index in [0.29, 0.717) is 28.8 Å². The Balaban J connectivity index is 0.000000273. The van der Waals surface area contributed by atoms with Crippen molar-refractivity contribution in [3.8, 4) is 11.5 Å². The van der Waals surface area contributed by atoms with Gasteiger partial charge in [0.1, 0.15) is 11.5 Å². The Morgan fingerprint density at radius 3 is 2.37 bits per heavy atom. The highest BCUT2D eigenvalue weighted by Gasteiger charge is 2.28. The van der Waals surface area contributed by atoms with E-state index in [0.717, 1.165) is 5.56 Å². The number of hydrogen-bond donors (Lipinski definition) is 2. The molecule has 1 aliphatic heterocycles. The number of rotatable bonds is 5. The van der Waals surface area contributed by atoms with Gasteiger partial charge in [0.2, 0.25) is 0 Å². The van der Waals surface area contributed by atoms with Crippen LogP contribution in [0.1, 0.15) is 15.9 Å². The van der Waals surface area contributed by atoms with Crippen LogP contribution < -0.4 is 14.8 Å². The summed E-state index contributed by atoms with van der Waals surface area (Å²) in [4.78, 5) is 32.3. The third kappa shape index (κ3) is 6.43. The number of ketones is 1. The number of aliphatic hydroxyl groups is 1. The molecule has 2 aromatic rings. The molecule has 2 N–H and O–H groups in total. The fourth-order valence-electron chi connectivity index (χ4n) is 2.01. The number of hydrogen-bond acceptors (Lipinski definition) is 7. The highest BCUT2D eigenvalue weighted by atomic mass is 32.2. The molecule has 142 valence electrons. The smallest absolute Gasteiger partial charge is 0.288 e. The zero-order valence-electron chi connectivity index (χ0n) is 14.8. The topological polar surface area (TPSA) is 102 Å². The molecule has 27 heavy (non-hydrogen) atoms. The van der Waals surface area contributed by atoms with Crippen LogP contribution in [-0.4, -0.2) is 41.2 Å². The standard InChI is InChI=1S/C16H16O3.C3H3NO3S/c1-12-6-8-14(9-7-12)19-11-16(17)13-4-3-5-15(10-13)18-2;5-1-2(6)8-3(7)4-1/h3-10H,11H2,1-2H3;2,6H,(H,4,5,7). The normalized spacial score (nSPS) is 15.4. The first-order chi connectivity index (χ1) is 12.9. The SMILES string of the molecule is COc1cccc(C(=O)COc2ccc(C)cc2)c1.O=C1NC(=O)C(O)S1. The second-order valence-corrected chi connectivity index (χ2v) is 6.56. The Morgan fingerprint density at radius 2 is 1.85 bits per heavy atom. The largest absolute Gasteiger partial charge is 0.497 e. The lowest BCUT2D eigenvalue weighted by atomic mass is 10.1. The Morgan fingerprint density at radius 1 is 1.15 bits per heavy atom. The van der Waals surface area contributed by atoms with E-state index < -0.39 is 16.6 Å². The van der Waals surface area contributed by atoms with Gasteiger partial charge in [-0.05, 0) is 43.0 Å². The molecule has 7 nitrogen and oxygen atoms in total. The van der Waals surface area contributed by atoms with Gasteiger partial charge in [-0.15, -0.1) is 0 Å². The zero-order chi connectivity index (χ0) is 19.8. The van der Waals surface area contributed by atoms with Crippen molar-refractivity contribution in [3.63, 3.8) is 0 Å². The van der Waals surface area contributed by atoms with Crippen LogP contribution in [0.4, 0.5) is 4.79 Å². The highest BCUT2D eigenvalue weighted by molar-refractivity contribution is 8.15. The first-order valence-electron chi connectivity index (χ1n) is 7.95. The van der Waals surface area contributed by atoms with Crippen LogP contribution in [0.25, 0.3) is 0 Å². The second-order valence-electron chi connectivity index (χ2n) is 5.50. The van der Waals surface area contributed by atoms with E-state index in [2.05, 4.69) is 0 Å². The summed E-state index contributed by atoms with van der Waals surface area (Å²) in [5.41, 5.74) is 0.556. The first-order valence-corrected chi connectivity index (χ1v) is 8.83. The van der Waals surface area contributed by atoms with Crippen LogP contribution in [0.5, 0.6) is 11.5 Å². The van der Waals surface area contributed by atoms with Crippen molar-refractivity contribution in [3.05, 3.63) is 59.7 Å². The van der Waals surface area contributed by atoms with E-state index in [1.807, 2.05) is 36.5 Å². The average molecular weight is 389 g/mol. The van der Waals surface area contributed by atoms with Crippen LogP contribution in [0.15, 0.2) is 48.5 Å². The number of amides is 2. The van der Waals surface area contributed by atoms with Gasteiger partial charge in [0, 0.05) is 5.56 Å². The lowest BCUT2D eigenvalue weighted by Crippen LogP contribution is -2.23. The minimum Gasteiger partial charge on any atom is -0.497 e. The summed E-state index contributed by atoms with van der Waals surface area (Å²) in [6.45, 7) is 2.03. The van der Waals surface area contributed by atoms with Gasteiger partial charge in [-0.1, -0.05) is 29.8 Å². The fraction of sp³-hybridized carbons (Fsp3) is 0.211. The van der Waals surface area contributed by atoms with Crippen molar-refractivity contribution in [1.29, 1.82) is 0 Å². The maximum absolute atomic E-state index is 12.0. The van der Waals surface area contributed by atoms with Crippen LogP contribution >= 0.6 is 11.8 Å². The Kier molecular flexibility index (Phi) is 7.39. The summed E-state index contributed by atoms with van der Waals surface area (Å²) < 4.78 is 10.5. The average Bonchev–Trinajstić information content (AvgIpc) is 2.96. The molecular weight excluding hydrogens is 370 g/mol. The molecule has 1 fully saturated rings. The molecule has 0 aromatic heterocycles. The molecule has 0 aliphatic carbocycles. The number of benzene rings is 2. The summed E-state index contributed by atoms with van der Waals surface area (Å²) in [5.74, 6) is 0.669. The number of thioether (sulfide) groups is 1. The van der Waals surface area contributed by atoms with Gasteiger partial charge in [0.15, 0.2) is 17.8 Å². The zero-order valence-corrected chi connectivity index (χ0v) is 15.6. The molecule has 1 saturated heterocycles. The van der Waals surface area contributed by atoms with E-state index in [9.17, 15) is 14.4 Å². The van der Waals surface area contributed by atoms with Crippen molar-refractivity contribution in [2.45, 2.75) is 12.4 Å². The quantitative estimate of drug-likeness (QED) is 0.758. The Labute approximate surface area is 160 Å². The molecule has 0 radical (unpaired) electrons. The van der Waals surface area contributed by atoms with Crippen LogP contribution in [0.2, 0.25) is 0 Å². The summed E-state index contributed by atoms with van der Waals surface area (Å²) >= 11 is 0.584. The van der Waals surface area contributed by atoms with Crippen molar-refractivity contribution in [1.82, 2.24) is 5.32 Å². The van der Waals surface area contributed by atoms with Gasteiger partial charge >= 0.3 is 0 Å². The number of methoxy groups -OCH3 is 1. The first kappa shape index (κ1) is 20.5. The lowest BCUT2D eigenvalue weighted by molar-refractivity contribution is -0.123. The minimum atomic E-state index is -1.19. The summed E-state index contributed by atoms with van der Waals surface area (Å²) in [7, 11) is 1.58. The number of carbonyl (C=O) groups excluding carboxylic acids is 3. The molecule has 2 amide bonds. The molecule has 1 atom stereocenters. The van der Waals surface area contributed by atoms with Gasteiger partial charge in [-0.2, -0.15) is 0 Å². The van der Waals surface area contributed by atoms with Gasteiger partial charge in [-0.25, -0.2) is 0 Å². The van der Waals surface area contributed by atoms with Gasteiger partial charge in [0.25, 0.3) is 11.1 Å². The lowest BCUT2D eigenvalue weighted by Gasteiger charge is -2.07. The monoisotopic (exact) mass is 389 g/mol. The number of aliphatic hydroxyl groups excluding tert-OH is 1. The van der Waals surface area contributed by atoms with Gasteiger partial charge in [-0.3, -0.25) is 19.7 Å². The number of nitrogens with one attached hydrogen (secondary N) is 1. The summed E-state index contributed by atoms with van der Waals surface area (Å²) in [6, 6.07) is 14.7. The predicted octanol–water partition coefficient (Wildman–Crippen LogP) is 2.55. The Bertz CT molecular complexity index is 821. The summed E-state index contributed by atoms with van der Waals surface area (Å²) in [5, 5.41) is 9.92. The molecule has 0 bridgehead atoms. The molecule has 8 heteroatoms.